The van der Waals surface area contributed by atoms with E-state index in [-0.39, 0.29) is 0 Å². The Labute approximate surface area is 324 Å². The van der Waals surface area contributed by atoms with E-state index in [1.165, 1.54) is 74.6 Å². The van der Waals surface area contributed by atoms with Crippen molar-refractivity contribution in [1.29, 1.82) is 0 Å². The number of benzene rings is 7. The molecular weight excluding hydrogens is 687 g/mol. The van der Waals surface area contributed by atoms with E-state index in [4.69, 9.17) is 9.97 Å². The van der Waals surface area contributed by atoms with Crippen LogP contribution in [-0.4, -0.2) is 14.4 Å². The summed E-state index contributed by atoms with van der Waals surface area (Å²) in [5.74, 6) is 0.750. The number of nitrogens with zero attached hydrogens (tertiary/aromatic N) is 3. The number of thiophene rings is 1. The number of hydrogen-bond acceptors (Lipinski definition) is 3. The van der Waals surface area contributed by atoms with Crippen molar-refractivity contribution in [3.05, 3.63) is 163 Å². The molecule has 0 N–H and O–H groups in total. The predicted octanol–water partition coefficient (Wildman–Crippen LogP) is 15.2. The van der Waals surface area contributed by atoms with Crippen molar-refractivity contribution in [3.63, 3.8) is 0 Å². The molecule has 11 rings (SSSR count). The van der Waals surface area contributed by atoms with Crippen LogP contribution in [0.4, 0.5) is 0 Å². The number of aromatic nitrogens is 3. The molecule has 0 spiro atoms. The van der Waals surface area contributed by atoms with Gasteiger partial charge in [0, 0.05) is 63.6 Å². The van der Waals surface area contributed by atoms with Crippen molar-refractivity contribution in [1.82, 2.24) is 14.4 Å². The molecule has 4 heteroatoms. The van der Waals surface area contributed by atoms with Crippen molar-refractivity contribution in [2.24, 2.45) is 0 Å². The highest BCUT2D eigenvalue weighted by Crippen LogP contribution is 2.45. The summed E-state index contributed by atoms with van der Waals surface area (Å²) in [7, 11) is 0. The molecule has 0 aliphatic heterocycles. The molecule has 0 aliphatic carbocycles. The van der Waals surface area contributed by atoms with Crippen LogP contribution in [0.5, 0.6) is 0 Å². The van der Waals surface area contributed by atoms with Crippen LogP contribution >= 0.6 is 11.3 Å². The fourth-order valence-electron chi connectivity index (χ4n) is 8.09. The molecule has 0 fully saturated rings. The largest absolute Gasteiger partial charge is 0.308 e. The van der Waals surface area contributed by atoms with Crippen molar-refractivity contribution in [2.45, 2.75) is 34.6 Å². The Hall–Kier alpha value is -6.36. The molecule has 0 bridgehead atoms. The maximum atomic E-state index is 5.15. The first-order valence-electron chi connectivity index (χ1n) is 19.2. The zero-order valence-electron chi connectivity index (χ0n) is 31.8. The quantitative estimate of drug-likeness (QED) is 0.170. The number of fused-ring (bicyclic) bond motifs is 13. The molecule has 3 nitrogen and oxygen atoms in total. The summed E-state index contributed by atoms with van der Waals surface area (Å²) in [6.07, 6.45) is 6.20. The highest BCUT2D eigenvalue weighted by atomic mass is 32.1. The fourth-order valence-corrected chi connectivity index (χ4v) is 9.30. The number of para-hydroxylation sites is 3. The number of rotatable bonds is 3. The summed E-state index contributed by atoms with van der Waals surface area (Å²) in [5.41, 5.74) is 9.22. The molecule has 0 atom stereocenters. The predicted molar refractivity (Wildman–Crippen MR) is 241 cm³/mol. The Morgan fingerprint density at radius 1 is 0.564 bits per heavy atom. The van der Waals surface area contributed by atoms with Gasteiger partial charge in [-0.3, -0.25) is 0 Å². The average molecular weight is 728 g/mol. The average Bonchev–Trinajstić information content (AvgIpc) is 3.92. The minimum Gasteiger partial charge on any atom is -0.308 e. The van der Waals surface area contributed by atoms with Crippen molar-refractivity contribution < 1.29 is 0 Å². The van der Waals surface area contributed by atoms with Crippen LogP contribution in [0.1, 0.15) is 34.6 Å². The van der Waals surface area contributed by atoms with Crippen LogP contribution in [0.15, 0.2) is 163 Å². The molecule has 0 saturated heterocycles. The van der Waals surface area contributed by atoms with Crippen LogP contribution in [-0.2, 0) is 0 Å². The number of hydrogen-bond donors (Lipinski definition) is 0. The standard InChI is InChI=1S/C42H23N3S.C7H12.C2H6/c1-2-9-24(10-3-1)39-31-12-4-6-15-34(31)43-42(44-39)25-17-22-37-33(23-25)30-19-18-27-29(41(30)46-37)20-21-36-38(27)32-14-8-13-28-26-11-5-7-16-35(26)45(36)40(28)32;1-4-6-7(3)5-2;1-2/h1-23H;4-6H,1-3H3;1-2H3/b;6-4-,7-5-;. The first-order valence-corrected chi connectivity index (χ1v) is 20.0. The lowest BCUT2D eigenvalue weighted by Gasteiger charge is -2.09. The summed E-state index contributed by atoms with van der Waals surface area (Å²) in [5, 5.41) is 11.5. The van der Waals surface area contributed by atoms with E-state index >= 15 is 0 Å². The summed E-state index contributed by atoms with van der Waals surface area (Å²) in [6, 6.07) is 50.2. The summed E-state index contributed by atoms with van der Waals surface area (Å²) >= 11 is 1.88. The van der Waals surface area contributed by atoms with E-state index in [0.717, 1.165) is 33.5 Å². The minimum atomic E-state index is 0.750. The highest BCUT2D eigenvalue weighted by Gasteiger charge is 2.20. The Morgan fingerprint density at radius 2 is 1.25 bits per heavy atom. The molecule has 0 saturated carbocycles. The van der Waals surface area contributed by atoms with Gasteiger partial charge in [-0.1, -0.05) is 141 Å². The fraction of sp³-hybridized carbons (Fsp3) is 0.0980. The van der Waals surface area contributed by atoms with Crippen LogP contribution in [0.2, 0.25) is 0 Å². The van der Waals surface area contributed by atoms with E-state index in [9.17, 15) is 0 Å². The number of allylic oxidation sites excluding steroid dienone is 4. The van der Waals surface area contributed by atoms with Gasteiger partial charge in [0.2, 0.25) is 0 Å². The van der Waals surface area contributed by atoms with Gasteiger partial charge in [0.05, 0.1) is 27.8 Å². The van der Waals surface area contributed by atoms with Gasteiger partial charge in [-0.15, -0.1) is 11.3 Å². The molecule has 11 aromatic rings. The maximum absolute atomic E-state index is 5.15. The van der Waals surface area contributed by atoms with Gasteiger partial charge >= 0.3 is 0 Å². The third kappa shape index (κ3) is 5.56. The summed E-state index contributed by atoms with van der Waals surface area (Å²) < 4.78 is 5.06. The normalized spacial score (nSPS) is 12.1. The van der Waals surface area contributed by atoms with Crippen LogP contribution in [0, 0.1) is 0 Å². The molecule has 0 radical (unpaired) electrons. The van der Waals surface area contributed by atoms with Gasteiger partial charge in [0.15, 0.2) is 5.82 Å². The second-order valence-corrected chi connectivity index (χ2v) is 14.7. The monoisotopic (exact) mass is 727 g/mol. The summed E-state index contributed by atoms with van der Waals surface area (Å²) in [4.78, 5) is 10.2. The van der Waals surface area contributed by atoms with E-state index in [2.05, 4.69) is 151 Å². The highest BCUT2D eigenvalue weighted by molar-refractivity contribution is 7.26. The van der Waals surface area contributed by atoms with E-state index in [1.807, 2.05) is 57.2 Å². The molecule has 266 valence electrons. The first kappa shape index (κ1) is 34.4. The molecule has 7 aromatic carbocycles. The van der Waals surface area contributed by atoms with Gasteiger partial charge in [-0.25, -0.2) is 9.97 Å². The Balaban J connectivity index is 0.000000401. The van der Waals surface area contributed by atoms with Crippen LogP contribution in [0.3, 0.4) is 0 Å². The van der Waals surface area contributed by atoms with Crippen molar-refractivity contribution in [2.75, 3.05) is 0 Å². The Kier molecular flexibility index (Phi) is 8.84. The van der Waals surface area contributed by atoms with Crippen molar-refractivity contribution in [3.8, 4) is 22.6 Å². The lowest BCUT2D eigenvalue weighted by Crippen LogP contribution is -1.95. The van der Waals surface area contributed by atoms with E-state index in [0.29, 0.717) is 0 Å². The molecule has 55 heavy (non-hydrogen) atoms. The van der Waals surface area contributed by atoms with Crippen LogP contribution < -0.4 is 0 Å². The SMILES string of the molecule is C/C=C\C(C)=C/C.CC.c1ccc(-c2nc(-c3ccc4sc5c(ccc6c5ccc5c6c6cccc7c8ccccc8n5c76)c4c3)nc3ccccc23)cc1. The van der Waals surface area contributed by atoms with E-state index < -0.39 is 0 Å². The molecule has 0 amide bonds. The maximum Gasteiger partial charge on any atom is 0.160 e. The van der Waals surface area contributed by atoms with E-state index in [1.54, 1.807) is 0 Å². The van der Waals surface area contributed by atoms with Gasteiger partial charge in [-0.05, 0) is 62.6 Å². The van der Waals surface area contributed by atoms with Gasteiger partial charge < -0.3 is 4.40 Å². The molecule has 0 aliphatic rings. The first-order chi connectivity index (χ1) is 27.1. The Morgan fingerprint density at radius 3 is 2.05 bits per heavy atom. The lowest BCUT2D eigenvalue weighted by molar-refractivity contribution is 1.23. The molecular formula is C51H41N3S. The lowest BCUT2D eigenvalue weighted by atomic mass is 10.00. The van der Waals surface area contributed by atoms with Gasteiger partial charge in [0.1, 0.15) is 0 Å². The van der Waals surface area contributed by atoms with Gasteiger partial charge in [-0.2, -0.15) is 0 Å². The molecule has 4 heterocycles. The Bertz CT molecular complexity index is 3250. The van der Waals surface area contributed by atoms with Gasteiger partial charge in [0.25, 0.3) is 0 Å². The second kappa shape index (κ2) is 14.1. The third-order valence-corrected chi connectivity index (χ3v) is 11.8. The van der Waals surface area contributed by atoms with Crippen LogP contribution in [0.25, 0.3) is 103 Å². The topological polar surface area (TPSA) is 30.2 Å². The minimum absolute atomic E-state index is 0.750. The molecule has 4 aromatic heterocycles. The summed E-state index contributed by atoms with van der Waals surface area (Å²) in [6.45, 7) is 10.1. The van der Waals surface area contributed by atoms with Crippen molar-refractivity contribution >= 4 is 91.3 Å². The zero-order valence-corrected chi connectivity index (χ0v) is 32.6. The zero-order chi connectivity index (χ0) is 37.6. The third-order valence-electron chi connectivity index (χ3n) is 10.6. The molecule has 0 unspecified atom stereocenters. The smallest absolute Gasteiger partial charge is 0.160 e. The second-order valence-electron chi connectivity index (χ2n) is 13.7.